The van der Waals surface area contributed by atoms with Crippen LogP contribution in [0.25, 0.3) is 0 Å². The molecule has 0 unspecified atom stereocenters. The zero-order chi connectivity index (χ0) is 15.2. The molecular formula is C12H16F2N2O3S. The van der Waals surface area contributed by atoms with Crippen molar-refractivity contribution in [1.82, 2.24) is 10.0 Å². The van der Waals surface area contributed by atoms with Gasteiger partial charge in [0.15, 0.2) is 11.6 Å². The van der Waals surface area contributed by atoms with Gasteiger partial charge in [-0.15, -0.1) is 0 Å². The fourth-order valence-electron chi connectivity index (χ4n) is 1.38. The van der Waals surface area contributed by atoms with E-state index in [0.29, 0.717) is 12.6 Å². The summed E-state index contributed by atoms with van der Waals surface area (Å²) in [6.45, 7) is 2.30. The van der Waals surface area contributed by atoms with Crippen LogP contribution in [-0.4, -0.2) is 27.4 Å². The monoisotopic (exact) mass is 306 g/mol. The normalized spacial score (nSPS) is 11.3. The van der Waals surface area contributed by atoms with Crippen LogP contribution in [0.15, 0.2) is 23.1 Å². The molecule has 1 aromatic rings. The van der Waals surface area contributed by atoms with Crippen LogP contribution in [0.4, 0.5) is 8.78 Å². The number of sulfonamides is 1. The lowest BCUT2D eigenvalue weighted by Crippen LogP contribution is -2.31. The molecule has 0 saturated heterocycles. The van der Waals surface area contributed by atoms with E-state index in [1.54, 1.807) is 0 Å². The van der Waals surface area contributed by atoms with E-state index in [4.69, 9.17) is 0 Å². The Hall–Kier alpha value is -1.54. The van der Waals surface area contributed by atoms with E-state index in [9.17, 15) is 22.0 Å². The van der Waals surface area contributed by atoms with Gasteiger partial charge in [-0.1, -0.05) is 6.92 Å². The van der Waals surface area contributed by atoms with Crippen LogP contribution in [-0.2, 0) is 14.8 Å². The third kappa shape index (κ3) is 4.86. The van der Waals surface area contributed by atoms with Crippen LogP contribution in [0.2, 0.25) is 0 Å². The largest absolute Gasteiger partial charge is 0.356 e. The summed E-state index contributed by atoms with van der Waals surface area (Å²) < 4.78 is 51.4. The van der Waals surface area contributed by atoms with E-state index in [1.165, 1.54) is 0 Å². The maximum Gasteiger partial charge on any atom is 0.240 e. The molecule has 0 bridgehead atoms. The predicted octanol–water partition coefficient (Wildman–Crippen LogP) is 1.16. The lowest BCUT2D eigenvalue weighted by molar-refractivity contribution is -0.120. The average molecular weight is 306 g/mol. The van der Waals surface area contributed by atoms with Crippen LogP contribution >= 0.6 is 0 Å². The van der Waals surface area contributed by atoms with Gasteiger partial charge >= 0.3 is 0 Å². The number of benzene rings is 1. The van der Waals surface area contributed by atoms with Gasteiger partial charge in [0.1, 0.15) is 0 Å². The van der Waals surface area contributed by atoms with Gasteiger partial charge in [-0.05, 0) is 24.6 Å². The van der Waals surface area contributed by atoms with Crippen molar-refractivity contribution in [2.24, 2.45) is 0 Å². The molecule has 5 nitrogen and oxygen atoms in total. The minimum absolute atomic E-state index is 0.0249. The van der Waals surface area contributed by atoms with Crippen molar-refractivity contribution in [3.05, 3.63) is 29.8 Å². The second-order valence-electron chi connectivity index (χ2n) is 4.07. The number of nitrogens with one attached hydrogen (secondary N) is 2. The van der Waals surface area contributed by atoms with Crippen molar-refractivity contribution in [3.63, 3.8) is 0 Å². The van der Waals surface area contributed by atoms with Gasteiger partial charge < -0.3 is 5.32 Å². The molecule has 0 aliphatic carbocycles. The molecule has 1 amide bonds. The Morgan fingerprint density at radius 1 is 1.20 bits per heavy atom. The summed E-state index contributed by atoms with van der Waals surface area (Å²) in [7, 11) is -3.95. The molecule has 0 spiro atoms. The number of amides is 1. The maximum atomic E-state index is 13.0. The van der Waals surface area contributed by atoms with Gasteiger partial charge in [-0.25, -0.2) is 21.9 Å². The molecule has 0 aromatic heterocycles. The zero-order valence-corrected chi connectivity index (χ0v) is 11.8. The third-order valence-corrected chi connectivity index (χ3v) is 3.88. The van der Waals surface area contributed by atoms with Gasteiger partial charge in [-0.2, -0.15) is 0 Å². The summed E-state index contributed by atoms with van der Waals surface area (Å²) >= 11 is 0. The zero-order valence-electron chi connectivity index (χ0n) is 10.9. The number of halogens is 2. The van der Waals surface area contributed by atoms with Crippen molar-refractivity contribution >= 4 is 15.9 Å². The van der Waals surface area contributed by atoms with E-state index >= 15 is 0 Å². The summed E-state index contributed by atoms with van der Waals surface area (Å²) in [5.41, 5.74) is 0. The number of carbonyl (C=O) groups excluding carboxylic acids is 1. The van der Waals surface area contributed by atoms with Crippen LogP contribution < -0.4 is 10.0 Å². The van der Waals surface area contributed by atoms with E-state index in [2.05, 4.69) is 10.0 Å². The Morgan fingerprint density at radius 2 is 1.90 bits per heavy atom. The maximum absolute atomic E-state index is 13.0. The second-order valence-corrected chi connectivity index (χ2v) is 5.84. The Bertz CT molecular complexity index is 576. The average Bonchev–Trinajstić information content (AvgIpc) is 2.39. The number of rotatable bonds is 7. The van der Waals surface area contributed by atoms with Gasteiger partial charge in [0.05, 0.1) is 4.90 Å². The first-order valence-corrected chi connectivity index (χ1v) is 7.56. The minimum atomic E-state index is -3.95. The van der Waals surface area contributed by atoms with Gasteiger partial charge in [-0.3, -0.25) is 4.79 Å². The molecule has 0 aliphatic heterocycles. The molecule has 1 aromatic carbocycles. The van der Waals surface area contributed by atoms with Crippen molar-refractivity contribution in [1.29, 1.82) is 0 Å². The molecule has 1 rings (SSSR count). The molecule has 0 heterocycles. The van der Waals surface area contributed by atoms with E-state index < -0.39 is 21.7 Å². The number of hydrogen-bond donors (Lipinski definition) is 2. The Balaban J connectivity index is 2.57. The first-order chi connectivity index (χ1) is 9.36. The van der Waals surface area contributed by atoms with Crippen LogP contribution in [0.1, 0.15) is 19.8 Å². The fraction of sp³-hybridized carbons (Fsp3) is 0.417. The van der Waals surface area contributed by atoms with E-state index in [-0.39, 0.29) is 23.8 Å². The highest BCUT2D eigenvalue weighted by atomic mass is 32.2. The summed E-state index contributed by atoms with van der Waals surface area (Å²) in [6, 6.07) is 2.28. The molecular weight excluding hydrogens is 290 g/mol. The number of hydrogen-bond acceptors (Lipinski definition) is 3. The Labute approximate surface area is 116 Å². The molecule has 112 valence electrons. The standard InChI is InChI=1S/C12H16F2N2O3S/c1-2-6-15-12(17)5-7-16-20(18,19)9-3-4-10(13)11(14)8-9/h3-4,8,16H,2,5-7H2,1H3,(H,15,17). The SMILES string of the molecule is CCCNC(=O)CCNS(=O)(=O)c1ccc(F)c(F)c1. The quantitative estimate of drug-likeness (QED) is 0.794. The summed E-state index contributed by atoms with van der Waals surface area (Å²) in [5.74, 6) is -2.64. The molecule has 0 radical (unpaired) electrons. The summed E-state index contributed by atoms with van der Waals surface area (Å²) in [4.78, 5) is 10.9. The Kier molecular flexibility index (Phi) is 6.03. The lowest BCUT2D eigenvalue weighted by atomic mass is 10.3. The van der Waals surface area contributed by atoms with Gasteiger partial charge in [0.2, 0.25) is 15.9 Å². The predicted molar refractivity (Wildman–Crippen MR) is 69.5 cm³/mol. The molecule has 0 saturated carbocycles. The minimum Gasteiger partial charge on any atom is -0.356 e. The highest BCUT2D eigenvalue weighted by molar-refractivity contribution is 7.89. The van der Waals surface area contributed by atoms with Crippen molar-refractivity contribution in [3.8, 4) is 0 Å². The Morgan fingerprint density at radius 3 is 2.50 bits per heavy atom. The van der Waals surface area contributed by atoms with Gasteiger partial charge in [0, 0.05) is 19.5 Å². The molecule has 0 aliphatic rings. The molecule has 2 N–H and O–H groups in total. The highest BCUT2D eigenvalue weighted by Gasteiger charge is 2.16. The molecule has 20 heavy (non-hydrogen) atoms. The van der Waals surface area contributed by atoms with Gasteiger partial charge in [0.25, 0.3) is 0 Å². The fourth-order valence-corrected chi connectivity index (χ4v) is 2.42. The first-order valence-electron chi connectivity index (χ1n) is 6.08. The number of carbonyl (C=O) groups is 1. The van der Waals surface area contributed by atoms with E-state index in [0.717, 1.165) is 18.6 Å². The first kappa shape index (κ1) is 16.5. The molecule has 8 heteroatoms. The smallest absolute Gasteiger partial charge is 0.240 e. The van der Waals surface area contributed by atoms with Crippen LogP contribution in [0.3, 0.4) is 0 Å². The summed E-state index contributed by atoms with van der Waals surface area (Å²) in [5, 5.41) is 2.59. The van der Waals surface area contributed by atoms with Crippen LogP contribution in [0.5, 0.6) is 0 Å². The van der Waals surface area contributed by atoms with Crippen LogP contribution in [0, 0.1) is 11.6 Å². The summed E-state index contributed by atoms with van der Waals surface area (Å²) in [6.07, 6.45) is 0.759. The topological polar surface area (TPSA) is 75.3 Å². The third-order valence-electron chi connectivity index (χ3n) is 2.42. The van der Waals surface area contributed by atoms with E-state index in [1.807, 2.05) is 6.92 Å². The van der Waals surface area contributed by atoms with Crippen molar-refractivity contribution < 1.29 is 22.0 Å². The highest BCUT2D eigenvalue weighted by Crippen LogP contribution is 2.13. The second kappa shape index (κ2) is 7.30. The molecule has 0 fully saturated rings. The van der Waals surface area contributed by atoms with Crippen molar-refractivity contribution in [2.45, 2.75) is 24.7 Å². The lowest BCUT2D eigenvalue weighted by Gasteiger charge is -2.07. The van der Waals surface area contributed by atoms with Crippen molar-refractivity contribution in [2.75, 3.05) is 13.1 Å². The molecule has 0 atom stereocenters.